The van der Waals surface area contributed by atoms with Gasteiger partial charge in [0.2, 0.25) is 11.8 Å². The molecule has 3 heterocycles. The van der Waals surface area contributed by atoms with Crippen LogP contribution in [0.15, 0.2) is 52.9 Å². The summed E-state index contributed by atoms with van der Waals surface area (Å²) in [6, 6.07) is 15.2. The Hall–Kier alpha value is -3.19. The van der Waals surface area contributed by atoms with Crippen molar-refractivity contribution in [1.82, 2.24) is 20.1 Å². The molecule has 7 nitrogen and oxygen atoms in total. The van der Waals surface area contributed by atoms with Crippen LogP contribution in [-0.2, 0) is 4.79 Å². The Labute approximate surface area is 206 Å². The molecule has 0 radical (unpaired) electrons. The molecule has 0 unspecified atom stereocenters. The van der Waals surface area contributed by atoms with Crippen molar-refractivity contribution in [1.29, 1.82) is 0 Å². The average molecular weight is 475 g/mol. The first-order chi connectivity index (χ1) is 17.2. The summed E-state index contributed by atoms with van der Waals surface area (Å²) in [5.41, 5.74) is 2.88. The molecule has 2 aliphatic rings. The van der Waals surface area contributed by atoms with Crippen molar-refractivity contribution in [2.24, 2.45) is 5.92 Å². The van der Waals surface area contributed by atoms with E-state index in [9.17, 15) is 9.59 Å². The van der Waals surface area contributed by atoms with Crippen LogP contribution in [0.5, 0.6) is 0 Å². The van der Waals surface area contributed by atoms with Gasteiger partial charge in [0, 0.05) is 43.7 Å². The van der Waals surface area contributed by atoms with E-state index in [1.165, 1.54) is 19.3 Å². The lowest BCUT2D eigenvalue weighted by molar-refractivity contribution is -0.122. The highest BCUT2D eigenvalue weighted by molar-refractivity contribution is 5.97. The molecule has 184 valence electrons. The number of carbonyl (C=O) groups is 2. The number of rotatable bonds is 7. The van der Waals surface area contributed by atoms with Gasteiger partial charge in [-0.25, -0.2) is 4.98 Å². The van der Waals surface area contributed by atoms with E-state index >= 15 is 0 Å². The number of amides is 2. The zero-order chi connectivity index (χ0) is 24.0. The van der Waals surface area contributed by atoms with Gasteiger partial charge in [0.25, 0.3) is 5.91 Å². The molecule has 3 aromatic rings. The topological polar surface area (TPSA) is 78.7 Å². The second-order valence-corrected chi connectivity index (χ2v) is 9.76. The van der Waals surface area contributed by atoms with Gasteiger partial charge in [-0.2, -0.15) is 0 Å². The smallest absolute Gasteiger partial charge is 0.253 e. The van der Waals surface area contributed by atoms with Gasteiger partial charge in [-0.15, -0.1) is 0 Å². The summed E-state index contributed by atoms with van der Waals surface area (Å²) in [7, 11) is 0. The fraction of sp³-hybridized carbons (Fsp3) is 0.464. The molecule has 0 atom stereocenters. The van der Waals surface area contributed by atoms with Crippen molar-refractivity contribution in [3.05, 3.63) is 54.1 Å². The molecule has 2 aliphatic heterocycles. The second kappa shape index (κ2) is 11.0. The molecule has 0 aliphatic carbocycles. The zero-order valence-corrected chi connectivity index (χ0v) is 20.2. The monoisotopic (exact) mass is 474 g/mol. The summed E-state index contributed by atoms with van der Waals surface area (Å²) in [5, 5.41) is 3.09. The summed E-state index contributed by atoms with van der Waals surface area (Å²) >= 11 is 0. The van der Waals surface area contributed by atoms with E-state index in [2.05, 4.69) is 15.2 Å². The molecule has 0 saturated carbocycles. The van der Waals surface area contributed by atoms with Crippen LogP contribution in [0.25, 0.3) is 22.6 Å². The number of piperidine rings is 2. The van der Waals surface area contributed by atoms with Crippen molar-refractivity contribution in [3.8, 4) is 11.5 Å². The van der Waals surface area contributed by atoms with Gasteiger partial charge in [0.15, 0.2) is 5.58 Å². The zero-order valence-electron chi connectivity index (χ0n) is 20.2. The van der Waals surface area contributed by atoms with Crippen molar-refractivity contribution in [3.63, 3.8) is 0 Å². The van der Waals surface area contributed by atoms with E-state index in [0.717, 1.165) is 50.1 Å². The number of oxazole rings is 1. The number of hydrogen-bond donors (Lipinski definition) is 1. The molecule has 1 N–H and O–H groups in total. The Morgan fingerprint density at radius 3 is 2.51 bits per heavy atom. The van der Waals surface area contributed by atoms with Gasteiger partial charge < -0.3 is 19.5 Å². The first-order valence-corrected chi connectivity index (χ1v) is 12.9. The van der Waals surface area contributed by atoms with Crippen LogP contribution in [0.3, 0.4) is 0 Å². The molecule has 0 bridgehead atoms. The first kappa shape index (κ1) is 23.5. The van der Waals surface area contributed by atoms with Gasteiger partial charge in [0.05, 0.1) is 0 Å². The third kappa shape index (κ3) is 5.90. The predicted octanol–water partition coefficient (Wildman–Crippen LogP) is 4.34. The molecule has 1 aromatic heterocycles. The van der Waals surface area contributed by atoms with E-state index in [4.69, 9.17) is 4.42 Å². The Morgan fingerprint density at radius 1 is 0.971 bits per heavy atom. The molecule has 2 saturated heterocycles. The van der Waals surface area contributed by atoms with E-state index in [-0.39, 0.29) is 11.8 Å². The highest BCUT2D eigenvalue weighted by atomic mass is 16.3. The predicted molar refractivity (Wildman–Crippen MR) is 136 cm³/mol. The Balaban J connectivity index is 1.10. The number of nitrogens with one attached hydrogen (secondary N) is 1. The maximum Gasteiger partial charge on any atom is 0.253 e. The summed E-state index contributed by atoms with van der Waals surface area (Å²) in [6.45, 7) is 5.33. The number of aromatic nitrogens is 1. The third-order valence-corrected chi connectivity index (χ3v) is 7.23. The molecular weight excluding hydrogens is 440 g/mol. The molecule has 2 aromatic carbocycles. The fourth-order valence-electron chi connectivity index (χ4n) is 5.16. The maximum absolute atomic E-state index is 13.1. The summed E-state index contributed by atoms with van der Waals surface area (Å²) < 4.78 is 5.93. The van der Waals surface area contributed by atoms with E-state index < -0.39 is 0 Å². The Bertz CT molecular complexity index is 1150. The lowest BCUT2D eigenvalue weighted by Crippen LogP contribution is -2.41. The number of hydrogen-bond acceptors (Lipinski definition) is 5. The molecule has 0 spiro atoms. The van der Waals surface area contributed by atoms with Crippen LogP contribution < -0.4 is 5.32 Å². The number of likely N-dealkylation sites (tertiary alicyclic amines) is 2. The minimum absolute atomic E-state index is 0.00833. The largest absolute Gasteiger partial charge is 0.436 e. The molecule has 2 fully saturated rings. The highest BCUT2D eigenvalue weighted by Gasteiger charge is 2.25. The quantitative estimate of drug-likeness (QED) is 0.551. The Kier molecular flexibility index (Phi) is 7.42. The molecule has 35 heavy (non-hydrogen) atoms. The number of nitrogens with zero attached hydrogens (tertiary/aromatic N) is 3. The number of carbonyl (C=O) groups excluding carboxylic acids is 2. The SMILES string of the molecule is O=C(CC1CCN(C(=O)c2ccc3nc(-c4ccccc4)oc3c2)CC1)NCCN1CCCCC1. The van der Waals surface area contributed by atoms with Gasteiger partial charge in [-0.3, -0.25) is 9.59 Å². The van der Waals surface area contributed by atoms with Crippen LogP contribution in [0.2, 0.25) is 0 Å². The maximum atomic E-state index is 13.1. The lowest BCUT2D eigenvalue weighted by atomic mass is 9.93. The van der Waals surface area contributed by atoms with Crippen LogP contribution >= 0.6 is 0 Å². The van der Waals surface area contributed by atoms with Gasteiger partial charge in [-0.1, -0.05) is 24.6 Å². The van der Waals surface area contributed by atoms with E-state index in [1.807, 2.05) is 47.4 Å². The summed E-state index contributed by atoms with van der Waals surface area (Å²) in [6.07, 6.45) is 6.13. The van der Waals surface area contributed by atoms with Crippen LogP contribution in [-0.4, -0.2) is 65.9 Å². The van der Waals surface area contributed by atoms with Crippen LogP contribution in [0.4, 0.5) is 0 Å². The van der Waals surface area contributed by atoms with Crippen molar-refractivity contribution in [2.45, 2.75) is 38.5 Å². The van der Waals surface area contributed by atoms with Crippen molar-refractivity contribution in [2.75, 3.05) is 39.3 Å². The number of benzene rings is 2. The third-order valence-electron chi connectivity index (χ3n) is 7.23. The van der Waals surface area contributed by atoms with Crippen molar-refractivity contribution >= 4 is 22.9 Å². The molecule has 5 rings (SSSR count). The van der Waals surface area contributed by atoms with Crippen LogP contribution in [0.1, 0.15) is 48.9 Å². The van der Waals surface area contributed by atoms with Crippen molar-refractivity contribution < 1.29 is 14.0 Å². The summed E-state index contributed by atoms with van der Waals surface area (Å²) in [5.74, 6) is 1.03. The summed E-state index contributed by atoms with van der Waals surface area (Å²) in [4.78, 5) is 34.4. The minimum Gasteiger partial charge on any atom is -0.436 e. The van der Waals surface area contributed by atoms with Gasteiger partial charge in [0.1, 0.15) is 5.52 Å². The molecule has 2 amide bonds. The van der Waals surface area contributed by atoms with E-state index in [0.29, 0.717) is 42.5 Å². The van der Waals surface area contributed by atoms with Crippen LogP contribution in [0, 0.1) is 5.92 Å². The first-order valence-electron chi connectivity index (χ1n) is 12.9. The van der Waals surface area contributed by atoms with E-state index in [1.54, 1.807) is 6.07 Å². The van der Waals surface area contributed by atoms with Gasteiger partial charge >= 0.3 is 0 Å². The molecular formula is C28H34N4O3. The second-order valence-electron chi connectivity index (χ2n) is 9.76. The van der Waals surface area contributed by atoms with Gasteiger partial charge in [-0.05, 0) is 75.0 Å². The Morgan fingerprint density at radius 2 is 1.74 bits per heavy atom. The number of fused-ring (bicyclic) bond motifs is 1. The minimum atomic E-state index is 0.00833. The standard InChI is InChI=1S/C28H34N4O3/c33-26(29-13-18-31-14-5-2-6-15-31)19-21-11-16-32(17-12-21)28(34)23-9-10-24-25(20-23)35-27(30-24)22-7-3-1-4-8-22/h1,3-4,7-10,20-21H,2,5-6,11-19H2,(H,29,33). The average Bonchev–Trinajstić information content (AvgIpc) is 3.33. The lowest BCUT2D eigenvalue weighted by Gasteiger charge is -2.32. The normalized spacial score (nSPS) is 17.5. The fourth-order valence-corrected chi connectivity index (χ4v) is 5.16. The highest BCUT2D eigenvalue weighted by Crippen LogP contribution is 2.26. The molecule has 7 heteroatoms.